The van der Waals surface area contributed by atoms with E-state index < -0.39 is 12.1 Å². The van der Waals surface area contributed by atoms with Crippen LogP contribution in [0.25, 0.3) is 10.8 Å². The van der Waals surface area contributed by atoms with Crippen molar-refractivity contribution in [3.63, 3.8) is 0 Å². The fourth-order valence-electron chi connectivity index (χ4n) is 3.60. The number of hydrogen-bond acceptors (Lipinski definition) is 5. The van der Waals surface area contributed by atoms with Crippen molar-refractivity contribution < 1.29 is 19.1 Å². The zero-order valence-electron chi connectivity index (χ0n) is 19.0. The molecule has 0 radical (unpaired) electrons. The highest BCUT2D eigenvalue weighted by atomic mass is 16.6. The lowest BCUT2D eigenvalue weighted by atomic mass is 10.1. The summed E-state index contributed by atoms with van der Waals surface area (Å²) in [5.41, 5.74) is 1.19. The summed E-state index contributed by atoms with van der Waals surface area (Å²) in [4.78, 5) is 25.9. The lowest BCUT2D eigenvalue weighted by molar-refractivity contribution is -0.153. The molecule has 1 atom stereocenters. The van der Waals surface area contributed by atoms with Gasteiger partial charge < -0.3 is 9.47 Å². The third-order valence-electron chi connectivity index (χ3n) is 5.26. The van der Waals surface area contributed by atoms with Crippen molar-refractivity contribution in [2.75, 3.05) is 13.2 Å². The second-order valence-electron chi connectivity index (χ2n) is 8.29. The van der Waals surface area contributed by atoms with Gasteiger partial charge in [-0.25, -0.2) is 0 Å². The number of carbonyl (C=O) groups is 2. The van der Waals surface area contributed by atoms with Crippen molar-refractivity contribution in [1.29, 1.82) is 0 Å². The molecule has 0 aliphatic rings. The minimum absolute atomic E-state index is 0.204. The van der Waals surface area contributed by atoms with E-state index in [2.05, 4.69) is 30.9 Å². The molecule has 0 bridgehead atoms. The van der Waals surface area contributed by atoms with Crippen molar-refractivity contribution in [1.82, 2.24) is 4.90 Å². The standard InChI is InChI=1S/C27H31NO4/c1-20(2)28(17-22-10-5-4-6-11-22)18-24(32-27(30)16-21(3)29)19-31-26-15-9-13-23-12-7-8-14-25(23)26/h4-15,20,24H,16-19H2,1-3H3. The average Bonchev–Trinajstić information content (AvgIpc) is 2.77. The predicted octanol–water partition coefficient (Wildman–Crippen LogP) is 5.02. The van der Waals surface area contributed by atoms with Gasteiger partial charge in [0.1, 0.15) is 30.7 Å². The number of Topliss-reactive ketones (excluding diaryl/α,β-unsaturated/α-hetero) is 1. The van der Waals surface area contributed by atoms with Gasteiger partial charge in [-0.3, -0.25) is 14.5 Å². The summed E-state index contributed by atoms with van der Waals surface area (Å²) in [6.45, 7) is 7.05. The van der Waals surface area contributed by atoms with E-state index in [4.69, 9.17) is 9.47 Å². The van der Waals surface area contributed by atoms with Crippen molar-refractivity contribution in [2.45, 2.75) is 45.9 Å². The van der Waals surface area contributed by atoms with Gasteiger partial charge in [0, 0.05) is 24.5 Å². The molecule has 0 heterocycles. The number of fused-ring (bicyclic) bond motifs is 1. The van der Waals surface area contributed by atoms with Gasteiger partial charge in [0.15, 0.2) is 0 Å². The molecule has 3 rings (SSSR count). The quantitative estimate of drug-likeness (QED) is 0.314. The lowest BCUT2D eigenvalue weighted by Crippen LogP contribution is -2.41. The number of hydrogen-bond donors (Lipinski definition) is 0. The second kappa shape index (κ2) is 11.4. The Morgan fingerprint density at radius 3 is 2.31 bits per heavy atom. The van der Waals surface area contributed by atoms with Crippen LogP contribution in [0.15, 0.2) is 72.8 Å². The Bertz CT molecular complexity index is 1030. The first kappa shape index (κ1) is 23.5. The molecule has 0 amide bonds. The SMILES string of the molecule is CC(=O)CC(=O)OC(COc1cccc2ccccc12)CN(Cc1ccccc1)C(C)C. The van der Waals surface area contributed by atoms with Gasteiger partial charge in [-0.15, -0.1) is 0 Å². The van der Waals surface area contributed by atoms with Gasteiger partial charge >= 0.3 is 5.97 Å². The molecule has 32 heavy (non-hydrogen) atoms. The molecule has 5 nitrogen and oxygen atoms in total. The van der Waals surface area contributed by atoms with Gasteiger partial charge in [0.05, 0.1) is 0 Å². The number of nitrogens with zero attached hydrogens (tertiary/aromatic N) is 1. The molecule has 0 spiro atoms. The van der Waals surface area contributed by atoms with Crippen LogP contribution in [-0.4, -0.2) is 41.9 Å². The van der Waals surface area contributed by atoms with E-state index in [1.807, 2.05) is 60.7 Å². The number of rotatable bonds is 11. The Labute approximate surface area is 189 Å². The average molecular weight is 434 g/mol. The molecule has 0 aromatic heterocycles. The van der Waals surface area contributed by atoms with Crippen molar-refractivity contribution in [2.24, 2.45) is 0 Å². The highest BCUT2D eigenvalue weighted by molar-refractivity contribution is 5.94. The largest absolute Gasteiger partial charge is 0.489 e. The third kappa shape index (κ3) is 6.92. The van der Waals surface area contributed by atoms with Gasteiger partial charge in [0.2, 0.25) is 0 Å². The predicted molar refractivity (Wildman–Crippen MR) is 127 cm³/mol. The van der Waals surface area contributed by atoms with E-state index in [-0.39, 0.29) is 24.9 Å². The van der Waals surface area contributed by atoms with E-state index >= 15 is 0 Å². The number of esters is 1. The van der Waals surface area contributed by atoms with Crippen molar-refractivity contribution >= 4 is 22.5 Å². The number of ether oxygens (including phenoxy) is 2. The van der Waals surface area contributed by atoms with Crippen LogP contribution in [0.3, 0.4) is 0 Å². The molecule has 1 unspecified atom stereocenters. The first-order chi connectivity index (χ1) is 15.4. The maximum Gasteiger partial charge on any atom is 0.313 e. The highest BCUT2D eigenvalue weighted by Crippen LogP contribution is 2.25. The van der Waals surface area contributed by atoms with Crippen molar-refractivity contribution in [3.05, 3.63) is 78.4 Å². The van der Waals surface area contributed by atoms with E-state index in [9.17, 15) is 9.59 Å². The van der Waals surface area contributed by atoms with Crippen LogP contribution >= 0.6 is 0 Å². The normalized spacial score (nSPS) is 12.2. The van der Waals surface area contributed by atoms with Crippen LogP contribution in [0.2, 0.25) is 0 Å². The van der Waals surface area contributed by atoms with Gasteiger partial charge in [0.25, 0.3) is 0 Å². The Morgan fingerprint density at radius 2 is 1.59 bits per heavy atom. The Balaban J connectivity index is 1.75. The van der Waals surface area contributed by atoms with Gasteiger partial charge in [-0.05, 0) is 37.8 Å². The van der Waals surface area contributed by atoms with Gasteiger partial charge in [-0.2, -0.15) is 0 Å². The summed E-state index contributed by atoms with van der Waals surface area (Å²) in [6.07, 6.45) is -0.738. The highest BCUT2D eigenvalue weighted by Gasteiger charge is 2.22. The summed E-state index contributed by atoms with van der Waals surface area (Å²) in [5.74, 6) is 0.0102. The molecule has 0 N–H and O–H groups in total. The number of benzene rings is 3. The summed E-state index contributed by atoms with van der Waals surface area (Å²) in [5, 5.41) is 2.09. The van der Waals surface area contributed by atoms with Crippen LogP contribution < -0.4 is 4.74 Å². The third-order valence-corrected chi connectivity index (χ3v) is 5.26. The number of ketones is 1. The molecule has 0 aliphatic carbocycles. The topological polar surface area (TPSA) is 55.8 Å². The molecule has 0 saturated heterocycles. The van der Waals surface area contributed by atoms with Crippen LogP contribution in [0.5, 0.6) is 5.75 Å². The zero-order chi connectivity index (χ0) is 22.9. The maximum atomic E-state index is 12.3. The zero-order valence-corrected chi connectivity index (χ0v) is 19.0. The summed E-state index contributed by atoms with van der Waals surface area (Å²) >= 11 is 0. The van der Waals surface area contributed by atoms with Crippen LogP contribution in [-0.2, 0) is 20.9 Å². The summed E-state index contributed by atoms with van der Waals surface area (Å²) in [7, 11) is 0. The maximum absolute atomic E-state index is 12.3. The number of carbonyl (C=O) groups excluding carboxylic acids is 2. The molecule has 3 aromatic rings. The molecule has 3 aromatic carbocycles. The Morgan fingerprint density at radius 1 is 0.906 bits per heavy atom. The molecular formula is C27H31NO4. The Kier molecular flexibility index (Phi) is 8.40. The molecule has 168 valence electrons. The van der Waals surface area contributed by atoms with Crippen molar-refractivity contribution in [3.8, 4) is 5.75 Å². The van der Waals surface area contributed by atoms with Gasteiger partial charge in [-0.1, -0.05) is 66.7 Å². The monoisotopic (exact) mass is 433 g/mol. The molecule has 0 saturated carbocycles. The van der Waals surface area contributed by atoms with Crippen LogP contribution in [0.1, 0.15) is 32.8 Å². The van der Waals surface area contributed by atoms with E-state index in [0.29, 0.717) is 6.54 Å². The van der Waals surface area contributed by atoms with E-state index in [1.165, 1.54) is 12.5 Å². The molecular weight excluding hydrogens is 402 g/mol. The molecule has 0 fully saturated rings. The van der Waals surface area contributed by atoms with Crippen LogP contribution in [0.4, 0.5) is 0 Å². The molecule has 5 heteroatoms. The smallest absolute Gasteiger partial charge is 0.313 e. The lowest BCUT2D eigenvalue weighted by Gasteiger charge is -2.30. The van der Waals surface area contributed by atoms with E-state index in [0.717, 1.165) is 23.1 Å². The first-order valence-corrected chi connectivity index (χ1v) is 11.0. The minimum atomic E-state index is -0.521. The minimum Gasteiger partial charge on any atom is -0.489 e. The van der Waals surface area contributed by atoms with E-state index in [1.54, 1.807) is 0 Å². The fourth-order valence-corrected chi connectivity index (χ4v) is 3.60. The summed E-state index contributed by atoms with van der Waals surface area (Å²) in [6, 6.07) is 24.3. The molecule has 0 aliphatic heterocycles. The fraction of sp³-hybridized carbons (Fsp3) is 0.333. The first-order valence-electron chi connectivity index (χ1n) is 11.0. The Hall–Kier alpha value is -3.18. The second-order valence-corrected chi connectivity index (χ2v) is 8.29. The summed E-state index contributed by atoms with van der Waals surface area (Å²) < 4.78 is 11.8. The van der Waals surface area contributed by atoms with Crippen LogP contribution in [0, 0.1) is 0 Å².